The predicted molar refractivity (Wildman–Crippen MR) is 68.8 cm³/mol. The van der Waals surface area contributed by atoms with Crippen LogP contribution in [0.1, 0.15) is 35.5 Å². The highest BCUT2D eigenvalue weighted by molar-refractivity contribution is 7.11. The van der Waals surface area contributed by atoms with Crippen LogP contribution in [0.4, 0.5) is 0 Å². The molecule has 2 aromatic heterocycles. The molecule has 0 fully saturated rings. The Bertz CT molecular complexity index is 455. The second-order valence-corrected chi connectivity index (χ2v) is 5.01. The van der Waals surface area contributed by atoms with Gasteiger partial charge in [-0.15, -0.1) is 11.3 Å². The van der Waals surface area contributed by atoms with Crippen molar-refractivity contribution >= 4 is 11.3 Å². The van der Waals surface area contributed by atoms with Gasteiger partial charge in [0.2, 0.25) is 0 Å². The van der Waals surface area contributed by atoms with Gasteiger partial charge in [0.25, 0.3) is 0 Å². The summed E-state index contributed by atoms with van der Waals surface area (Å²) >= 11 is 1.76. The fourth-order valence-corrected chi connectivity index (χ4v) is 2.29. The lowest BCUT2D eigenvalue weighted by Crippen LogP contribution is -2.19. The van der Waals surface area contributed by atoms with Crippen molar-refractivity contribution in [1.29, 1.82) is 0 Å². The van der Waals surface area contributed by atoms with E-state index in [0.717, 1.165) is 23.7 Å². The number of hydrogen-bond donors (Lipinski definition) is 1. The molecule has 5 heteroatoms. The van der Waals surface area contributed by atoms with E-state index in [9.17, 15) is 0 Å². The van der Waals surface area contributed by atoms with Crippen LogP contribution < -0.4 is 5.32 Å². The number of nitrogens with zero attached hydrogens (tertiary/aromatic N) is 3. The Hall–Kier alpha value is -1.33. The Labute approximate surface area is 105 Å². The number of aromatic nitrogens is 3. The Balaban J connectivity index is 1.90. The highest BCUT2D eigenvalue weighted by Gasteiger charge is 2.07. The second-order valence-electron chi connectivity index (χ2n) is 3.81. The predicted octanol–water partition coefficient (Wildman–Crippen LogP) is 2.35. The van der Waals surface area contributed by atoms with Crippen molar-refractivity contribution < 1.29 is 0 Å². The van der Waals surface area contributed by atoms with Crippen molar-refractivity contribution in [3.8, 4) is 0 Å². The number of thiazole rings is 1. The van der Waals surface area contributed by atoms with Crippen molar-refractivity contribution in [2.45, 2.75) is 32.9 Å². The summed E-state index contributed by atoms with van der Waals surface area (Å²) in [7, 11) is 0. The van der Waals surface area contributed by atoms with E-state index in [1.807, 2.05) is 6.20 Å². The highest BCUT2D eigenvalue weighted by Crippen LogP contribution is 2.14. The normalized spacial score (nSPS) is 12.6. The molecule has 0 bridgehead atoms. The third kappa shape index (κ3) is 3.31. The largest absolute Gasteiger partial charge is 0.302 e. The van der Waals surface area contributed by atoms with Gasteiger partial charge >= 0.3 is 0 Å². The fourth-order valence-electron chi connectivity index (χ4n) is 1.47. The smallest absolute Gasteiger partial charge is 0.107 e. The standard InChI is InChI=1S/C12H16N4S/c1-3-10-6-16-12(17-10)8-15-9(2)11-7-13-4-5-14-11/h4-7,9,15H,3,8H2,1-2H3. The summed E-state index contributed by atoms with van der Waals surface area (Å²) in [4.78, 5) is 14.0. The van der Waals surface area contributed by atoms with Gasteiger partial charge in [-0.25, -0.2) is 4.98 Å². The summed E-state index contributed by atoms with van der Waals surface area (Å²) < 4.78 is 0. The molecular weight excluding hydrogens is 232 g/mol. The van der Waals surface area contributed by atoms with Crippen LogP contribution in [0.2, 0.25) is 0 Å². The maximum Gasteiger partial charge on any atom is 0.107 e. The Morgan fingerprint density at radius 2 is 2.18 bits per heavy atom. The van der Waals surface area contributed by atoms with Crippen molar-refractivity contribution in [1.82, 2.24) is 20.3 Å². The molecular formula is C12H16N4S. The molecule has 4 nitrogen and oxygen atoms in total. The molecule has 90 valence electrons. The van der Waals surface area contributed by atoms with Gasteiger partial charge in [-0.2, -0.15) is 0 Å². The van der Waals surface area contributed by atoms with Crippen LogP contribution in [0.3, 0.4) is 0 Å². The lowest BCUT2D eigenvalue weighted by molar-refractivity contribution is 0.558. The van der Waals surface area contributed by atoms with Crippen molar-refractivity contribution in [2.24, 2.45) is 0 Å². The molecule has 0 saturated carbocycles. The third-order valence-corrected chi connectivity index (χ3v) is 3.68. The van der Waals surface area contributed by atoms with Crippen molar-refractivity contribution in [2.75, 3.05) is 0 Å². The van der Waals surface area contributed by atoms with Gasteiger partial charge in [-0.1, -0.05) is 6.92 Å². The SMILES string of the molecule is CCc1cnc(CNC(C)c2cnccn2)s1. The maximum atomic E-state index is 4.37. The molecule has 0 aliphatic heterocycles. The summed E-state index contributed by atoms with van der Waals surface area (Å²) in [5, 5.41) is 4.52. The van der Waals surface area contributed by atoms with E-state index >= 15 is 0 Å². The monoisotopic (exact) mass is 248 g/mol. The van der Waals surface area contributed by atoms with Crippen LogP contribution in [-0.2, 0) is 13.0 Å². The van der Waals surface area contributed by atoms with Gasteiger partial charge in [0, 0.05) is 42.3 Å². The number of nitrogens with one attached hydrogen (secondary N) is 1. The molecule has 1 unspecified atom stereocenters. The van der Waals surface area contributed by atoms with Crippen molar-refractivity contribution in [3.05, 3.63) is 40.4 Å². The molecule has 0 aliphatic rings. The lowest BCUT2D eigenvalue weighted by Gasteiger charge is -2.11. The minimum Gasteiger partial charge on any atom is -0.302 e. The first-order chi connectivity index (χ1) is 8.29. The summed E-state index contributed by atoms with van der Waals surface area (Å²) in [6.45, 7) is 5.01. The van der Waals surface area contributed by atoms with Gasteiger partial charge in [0.05, 0.1) is 5.69 Å². The third-order valence-electron chi connectivity index (χ3n) is 2.54. The van der Waals surface area contributed by atoms with Gasteiger partial charge in [0.1, 0.15) is 5.01 Å². The first kappa shape index (κ1) is 12.1. The molecule has 2 heterocycles. The number of aryl methyl sites for hydroxylation is 1. The minimum atomic E-state index is 0.192. The highest BCUT2D eigenvalue weighted by atomic mass is 32.1. The molecule has 0 aliphatic carbocycles. The van der Waals surface area contributed by atoms with Crippen LogP contribution in [0.25, 0.3) is 0 Å². The van der Waals surface area contributed by atoms with Crippen molar-refractivity contribution in [3.63, 3.8) is 0 Å². The van der Waals surface area contributed by atoms with Crippen LogP contribution in [0, 0.1) is 0 Å². The molecule has 0 amide bonds. The summed E-state index contributed by atoms with van der Waals surface area (Å²) in [6, 6.07) is 0.192. The van der Waals surface area contributed by atoms with Crippen LogP contribution in [0.15, 0.2) is 24.8 Å². The first-order valence-corrected chi connectivity index (χ1v) is 6.54. The quantitative estimate of drug-likeness (QED) is 0.882. The fraction of sp³-hybridized carbons (Fsp3) is 0.417. The summed E-state index contributed by atoms with van der Waals surface area (Å²) in [5.74, 6) is 0. The van der Waals surface area contributed by atoms with Gasteiger partial charge < -0.3 is 5.32 Å². The van der Waals surface area contributed by atoms with Crippen LogP contribution in [-0.4, -0.2) is 15.0 Å². The van der Waals surface area contributed by atoms with E-state index in [4.69, 9.17) is 0 Å². The summed E-state index contributed by atoms with van der Waals surface area (Å²) in [5.41, 5.74) is 0.958. The molecule has 17 heavy (non-hydrogen) atoms. The van der Waals surface area contributed by atoms with Gasteiger partial charge in [-0.3, -0.25) is 9.97 Å². The van der Waals surface area contributed by atoms with Gasteiger partial charge in [0.15, 0.2) is 0 Å². The Morgan fingerprint density at radius 3 is 2.82 bits per heavy atom. The molecule has 0 spiro atoms. The molecule has 0 saturated heterocycles. The molecule has 0 aromatic carbocycles. The average molecular weight is 248 g/mol. The van der Waals surface area contributed by atoms with E-state index in [1.54, 1.807) is 29.9 Å². The minimum absolute atomic E-state index is 0.192. The van der Waals surface area contributed by atoms with E-state index < -0.39 is 0 Å². The number of hydrogen-bond acceptors (Lipinski definition) is 5. The van der Waals surface area contributed by atoms with E-state index in [0.29, 0.717) is 0 Å². The average Bonchev–Trinajstić information content (AvgIpc) is 2.85. The topological polar surface area (TPSA) is 50.7 Å². The zero-order chi connectivity index (χ0) is 12.1. The Morgan fingerprint density at radius 1 is 1.29 bits per heavy atom. The van der Waals surface area contributed by atoms with Crippen LogP contribution in [0.5, 0.6) is 0 Å². The van der Waals surface area contributed by atoms with E-state index in [1.165, 1.54) is 4.88 Å². The maximum absolute atomic E-state index is 4.37. The molecule has 1 atom stereocenters. The molecule has 2 aromatic rings. The molecule has 2 rings (SSSR count). The lowest BCUT2D eigenvalue weighted by atomic mass is 10.2. The van der Waals surface area contributed by atoms with E-state index in [-0.39, 0.29) is 6.04 Å². The zero-order valence-corrected chi connectivity index (χ0v) is 10.9. The number of rotatable bonds is 5. The van der Waals surface area contributed by atoms with Gasteiger partial charge in [-0.05, 0) is 13.3 Å². The Kier molecular flexibility index (Phi) is 4.17. The zero-order valence-electron chi connectivity index (χ0n) is 10.1. The molecule has 1 N–H and O–H groups in total. The van der Waals surface area contributed by atoms with E-state index in [2.05, 4.69) is 34.1 Å². The van der Waals surface area contributed by atoms with Crippen LogP contribution >= 0.6 is 11.3 Å². The first-order valence-electron chi connectivity index (χ1n) is 5.72. The summed E-state index contributed by atoms with van der Waals surface area (Å²) in [6.07, 6.45) is 8.19. The second kappa shape index (κ2) is 5.84. The molecule has 0 radical (unpaired) electrons.